The Morgan fingerprint density at radius 2 is 1.66 bits per heavy atom. The highest BCUT2D eigenvalue weighted by molar-refractivity contribution is 7.21. The minimum Gasteiger partial charge on any atom is -0.378 e. The molecule has 0 bridgehead atoms. The van der Waals surface area contributed by atoms with E-state index in [4.69, 9.17) is 4.74 Å². The van der Waals surface area contributed by atoms with Crippen LogP contribution in [0.5, 0.6) is 0 Å². The zero-order chi connectivity index (χ0) is 22.2. The Balaban J connectivity index is 1.71. The highest BCUT2D eigenvalue weighted by atomic mass is 32.1. The van der Waals surface area contributed by atoms with E-state index in [1.165, 1.54) is 48.4 Å². The van der Waals surface area contributed by atoms with Crippen molar-refractivity contribution in [3.8, 4) is 21.6 Å². The Kier molecular flexibility index (Phi) is 5.62. The van der Waals surface area contributed by atoms with Crippen LogP contribution in [0.3, 0.4) is 0 Å². The maximum absolute atomic E-state index is 5.52. The van der Waals surface area contributed by atoms with Gasteiger partial charge in [0.1, 0.15) is 14.1 Å². The fraction of sp³-hybridized carbons (Fsp3) is 0.296. The van der Waals surface area contributed by atoms with Gasteiger partial charge in [-0.1, -0.05) is 18.2 Å². The monoisotopic (exact) mass is 444 g/mol. The number of nitrogens with zero attached hydrogens (tertiary/aromatic N) is 3. The summed E-state index contributed by atoms with van der Waals surface area (Å²) in [5.41, 5.74) is 6.39. The van der Waals surface area contributed by atoms with Crippen molar-refractivity contribution < 1.29 is 4.74 Å². The van der Waals surface area contributed by atoms with Crippen molar-refractivity contribution in [2.45, 2.75) is 0 Å². The highest BCUT2D eigenvalue weighted by Crippen LogP contribution is 2.44. The molecular formula is C27H30N3OS+. The molecule has 2 heterocycles. The quantitative estimate of drug-likeness (QED) is 0.340. The number of ether oxygens (including phenoxy) is 1. The molecule has 2 aromatic carbocycles. The topological polar surface area (TPSA) is 18.7 Å². The molecule has 1 fully saturated rings. The van der Waals surface area contributed by atoms with Crippen molar-refractivity contribution in [3.05, 3.63) is 66.0 Å². The molecular weight excluding hydrogens is 414 g/mol. The van der Waals surface area contributed by atoms with Crippen molar-refractivity contribution in [2.75, 3.05) is 64.3 Å². The lowest BCUT2D eigenvalue weighted by molar-refractivity contribution is 0.122. The average molecular weight is 445 g/mol. The van der Waals surface area contributed by atoms with Gasteiger partial charge >= 0.3 is 0 Å². The van der Waals surface area contributed by atoms with Crippen LogP contribution in [0.15, 0.2) is 60.7 Å². The van der Waals surface area contributed by atoms with Crippen LogP contribution in [-0.2, 0) is 4.74 Å². The Labute approximate surface area is 194 Å². The van der Waals surface area contributed by atoms with Crippen molar-refractivity contribution in [2.24, 2.45) is 0 Å². The molecule has 5 heteroatoms. The first-order valence-corrected chi connectivity index (χ1v) is 11.9. The Morgan fingerprint density at radius 1 is 0.906 bits per heavy atom. The van der Waals surface area contributed by atoms with E-state index in [-0.39, 0.29) is 0 Å². The second-order valence-electron chi connectivity index (χ2n) is 8.77. The van der Waals surface area contributed by atoms with Crippen LogP contribution in [0.2, 0.25) is 0 Å². The number of hydrogen-bond acceptors (Lipinski definition) is 4. The zero-order valence-corrected chi connectivity index (χ0v) is 20.1. The van der Waals surface area contributed by atoms with Crippen molar-refractivity contribution in [3.63, 3.8) is 0 Å². The molecule has 0 radical (unpaired) electrons. The molecule has 0 unspecified atom stereocenters. The predicted molar refractivity (Wildman–Crippen MR) is 138 cm³/mol. The third kappa shape index (κ3) is 3.87. The molecule has 0 amide bonds. The van der Waals surface area contributed by atoms with Crippen LogP contribution < -0.4 is 19.7 Å². The second kappa shape index (κ2) is 8.57. The maximum Gasteiger partial charge on any atom is 0.200 e. The molecule has 5 rings (SSSR count). The van der Waals surface area contributed by atoms with Crippen LogP contribution in [0.25, 0.3) is 31.7 Å². The van der Waals surface area contributed by atoms with Crippen LogP contribution in [-0.4, -0.2) is 54.5 Å². The first-order chi connectivity index (χ1) is 15.5. The van der Waals surface area contributed by atoms with E-state index in [0.717, 1.165) is 26.3 Å². The van der Waals surface area contributed by atoms with E-state index in [9.17, 15) is 0 Å². The van der Waals surface area contributed by atoms with E-state index in [2.05, 4.69) is 103 Å². The maximum atomic E-state index is 5.52. The van der Waals surface area contributed by atoms with E-state index < -0.39 is 0 Å². The van der Waals surface area contributed by atoms with Crippen molar-refractivity contribution in [1.82, 2.24) is 4.58 Å². The van der Waals surface area contributed by atoms with Gasteiger partial charge in [0.25, 0.3) is 0 Å². The van der Waals surface area contributed by atoms with E-state index in [1.807, 2.05) is 11.3 Å². The average Bonchev–Trinajstić information content (AvgIpc) is 2.82. The van der Waals surface area contributed by atoms with E-state index in [0.29, 0.717) is 0 Å². The minimum atomic E-state index is 0.805. The van der Waals surface area contributed by atoms with Gasteiger partial charge in [-0.25, -0.2) is 4.58 Å². The molecule has 1 aliphatic carbocycles. The Bertz CT molecular complexity index is 1300. The number of anilines is 2. The van der Waals surface area contributed by atoms with Gasteiger partial charge in [0.2, 0.25) is 5.36 Å². The first kappa shape index (κ1) is 21.0. The summed E-state index contributed by atoms with van der Waals surface area (Å²) in [4.78, 5) is 5.89. The summed E-state index contributed by atoms with van der Waals surface area (Å²) in [7, 11) is 8.40. The van der Waals surface area contributed by atoms with Crippen LogP contribution in [0.1, 0.15) is 0 Å². The summed E-state index contributed by atoms with van der Waals surface area (Å²) in [5, 5.41) is 2.54. The van der Waals surface area contributed by atoms with Gasteiger partial charge in [0.05, 0.1) is 13.2 Å². The normalized spacial score (nSPS) is 14.2. The lowest BCUT2D eigenvalue weighted by Gasteiger charge is -2.29. The fourth-order valence-corrected chi connectivity index (χ4v) is 5.55. The Hall–Kier alpha value is -2.89. The first-order valence-electron chi connectivity index (χ1n) is 11.1. The number of rotatable bonds is 3. The van der Waals surface area contributed by atoms with Gasteiger partial charge in [-0.3, -0.25) is 0 Å². The summed E-state index contributed by atoms with van der Waals surface area (Å²) in [6.45, 7) is 3.52. The smallest absolute Gasteiger partial charge is 0.200 e. The molecule has 4 nitrogen and oxygen atoms in total. The third-order valence-corrected chi connectivity index (χ3v) is 7.37. The fourth-order valence-electron chi connectivity index (χ4n) is 4.40. The number of benzene rings is 3. The SMILES string of the molecule is CN(C)c1ccc2c(-c3ccc(N4CCOCC4)cc3)c3ccc(=[N+](C)C)cc-3sc2c1. The van der Waals surface area contributed by atoms with Gasteiger partial charge in [0, 0.05) is 71.2 Å². The van der Waals surface area contributed by atoms with Gasteiger partial charge in [-0.2, -0.15) is 0 Å². The number of fused-ring (bicyclic) bond motifs is 2. The lowest BCUT2D eigenvalue weighted by Crippen LogP contribution is -2.36. The summed E-state index contributed by atoms with van der Waals surface area (Å²) in [5.74, 6) is 0. The molecule has 32 heavy (non-hydrogen) atoms. The Morgan fingerprint density at radius 3 is 2.34 bits per heavy atom. The van der Waals surface area contributed by atoms with Gasteiger partial charge in [-0.05, 0) is 41.5 Å². The molecule has 0 saturated carbocycles. The molecule has 0 atom stereocenters. The number of morpholine rings is 1. The standard InChI is InChI=1S/C27H30N3OS/c1-28(2)21-9-11-23-25(17-21)32-26-18-22(29(3)4)10-12-24(26)27(23)19-5-7-20(8-6-19)30-13-15-31-16-14-30/h5-12,17-18H,13-16H2,1-4H3/q+1. The highest BCUT2D eigenvalue weighted by Gasteiger charge is 2.18. The van der Waals surface area contributed by atoms with Crippen LogP contribution in [0, 0.1) is 0 Å². The molecule has 164 valence electrons. The number of hydrogen-bond donors (Lipinski definition) is 0. The van der Waals surface area contributed by atoms with Crippen molar-refractivity contribution in [1.29, 1.82) is 0 Å². The molecule has 2 aromatic rings. The summed E-state index contributed by atoms with van der Waals surface area (Å²) < 4.78 is 9.00. The van der Waals surface area contributed by atoms with Gasteiger partial charge in [0.15, 0.2) is 0 Å². The molecule has 1 saturated heterocycles. The van der Waals surface area contributed by atoms with Gasteiger partial charge in [-0.15, -0.1) is 11.3 Å². The molecule has 0 spiro atoms. The largest absolute Gasteiger partial charge is 0.378 e. The summed E-state index contributed by atoms with van der Waals surface area (Å²) in [6.07, 6.45) is 0. The van der Waals surface area contributed by atoms with Gasteiger partial charge < -0.3 is 14.5 Å². The van der Waals surface area contributed by atoms with Crippen molar-refractivity contribution >= 4 is 32.8 Å². The zero-order valence-electron chi connectivity index (χ0n) is 19.3. The molecule has 2 aliphatic heterocycles. The summed E-state index contributed by atoms with van der Waals surface area (Å²) >= 11 is 1.87. The summed E-state index contributed by atoms with van der Waals surface area (Å²) in [6, 6.07) is 22.7. The van der Waals surface area contributed by atoms with E-state index >= 15 is 0 Å². The lowest BCUT2D eigenvalue weighted by atomic mass is 9.95. The minimum absolute atomic E-state index is 0.805. The van der Waals surface area contributed by atoms with Crippen LogP contribution >= 0.6 is 11.3 Å². The second-order valence-corrected chi connectivity index (χ2v) is 9.86. The predicted octanol–water partition coefficient (Wildman–Crippen LogP) is 4.61. The molecule has 0 aromatic heterocycles. The van der Waals surface area contributed by atoms with E-state index in [1.54, 1.807) is 0 Å². The molecule has 0 N–H and O–H groups in total. The molecule has 3 aliphatic rings. The van der Waals surface area contributed by atoms with Crippen LogP contribution in [0.4, 0.5) is 11.4 Å². The third-order valence-electron chi connectivity index (χ3n) is 6.25.